The Morgan fingerprint density at radius 2 is 2.58 bits per heavy atom. The third kappa shape index (κ3) is 2.81. The lowest BCUT2D eigenvalue weighted by Gasteiger charge is -1.97. The van der Waals surface area contributed by atoms with Crippen LogP contribution in [0.2, 0.25) is 0 Å². The summed E-state index contributed by atoms with van der Waals surface area (Å²) in [7, 11) is 0. The van der Waals surface area contributed by atoms with E-state index in [1.807, 2.05) is 0 Å². The van der Waals surface area contributed by atoms with Crippen molar-refractivity contribution in [1.29, 1.82) is 0 Å². The maximum absolute atomic E-state index is 10.00. The van der Waals surface area contributed by atoms with Crippen LogP contribution in [-0.2, 0) is 9.63 Å². The van der Waals surface area contributed by atoms with Gasteiger partial charge in [-0.15, -0.1) is 0 Å². The largest absolute Gasteiger partial charge is 0.479 e. The highest BCUT2D eigenvalue weighted by Gasteiger charge is 2.00. The van der Waals surface area contributed by atoms with Crippen molar-refractivity contribution >= 4 is 22.6 Å². The summed E-state index contributed by atoms with van der Waals surface area (Å²) in [6, 6.07) is 0. The van der Waals surface area contributed by atoms with E-state index in [0.717, 1.165) is 11.5 Å². The van der Waals surface area contributed by atoms with Crippen molar-refractivity contribution in [3.8, 4) is 0 Å². The van der Waals surface area contributed by atoms with E-state index in [9.17, 15) is 4.79 Å². The third-order valence-corrected chi connectivity index (χ3v) is 1.59. The molecule has 2 N–H and O–H groups in total. The molecule has 6 nitrogen and oxygen atoms in total. The maximum Gasteiger partial charge on any atom is 0.332 e. The molecule has 0 saturated heterocycles. The highest BCUT2D eigenvalue weighted by atomic mass is 32.1. The van der Waals surface area contributed by atoms with Gasteiger partial charge in [0, 0.05) is 11.5 Å². The van der Waals surface area contributed by atoms with Crippen LogP contribution in [0.25, 0.3) is 0 Å². The van der Waals surface area contributed by atoms with Crippen LogP contribution in [0.15, 0.2) is 0 Å². The lowest BCUT2D eigenvalue weighted by molar-refractivity contribution is -0.141. The fourth-order valence-electron chi connectivity index (χ4n) is 0.498. The molecule has 7 heteroatoms. The van der Waals surface area contributed by atoms with Crippen molar-refractivity contribution in [3.05, 3.63) is 5.82 Å². The fourth-order valence-corrected chi connectivity index (χ4v) is 1.03. The highest BCUT2D eigenvalue weighted by molar-refractivity contribution is 7.09. The molecule has 1 rings (SSSR count). The van der Waals surface area contributed by atoms with Crippen LogP contribution in [-0.4, -0.2) is 27.0 Å². The topological polar surface area (TPSA) is 84.3 Å². The first-order valence-electron chi connectivity index (χ1n) is 3.08. The Morgan fingerprint density at radius 1 is 1.83 bits per heavy atom. The quantitative estimate of drug-likeness (QED) is 0.661. The van der Waals surface area contributed by atoms with Crippen LogP contribution in [0.3, 0.4) is 0 Å². The zero-order valence-corrected chi connectivity index (χ0v) is 7.09. The molecule has 0 spiro atoms. The van der Waals surface area contributed by atoms with Crippen LogP contribution in [0.5, 0.6) is 0 Å². The second-order valence-corrected chi connectivity index (χ2v) is 2.68. The predicted molar refractivity (Wildman–Crippen MR) is 41.9 cm³/mol. The molecule has 0 unspecified atom stereocenters. The van der Waals surface area contributed by atoms with Gasteiger partial charge in [0.2, 0.25) is 5.13 Å². The Morgan fingerprint density at radius 3 is 3.08 bits per heavy atom. The van der Waals surface area contributed by atoms with Gasteiger partial charge in [-0.3, -0.25) is 4.84 Å². The minimum Gasteiger partial charge on any atom is -0.479 e. The van der Waals surface area contributed by atoms with Gasteiger partial charge in [-0.2, -0.15) is 4.37 Å². The van der Waals surface area contributed by atoms with Gasteiger partial charge < -0.3 is 5.11 Å². The van der Waals surface area contributed by atoms with E-state index < -0.39 is 12.6 Å². The van der Waals surface area contributed by atoms with Crippen LogP contribution < -0.4 is 5.48 Å². The van der Waals surface area contributed by atoms with Crippen molar-refractivity contribution in [3.63, 3.8) is 0 Å². The number of nitrogens with zero attached hydrogens (tertiary/aromatic N) is 2. The summed E-state index contributed by atoms with van der Waals surface area (Å²) in [5.41, 5.74) is 2.36. The van der Waals surface area contributed by atoms with Gasteiger partial charge in [0.05, 0.1) is 0 Å². The standard InChI is InChI=1S/C5H7N3O3S/c1-3-6-5(12-8-3)7-11-2-4(9)10/h2H2,1H3,(H,9,10)(H,6,7,8). The zero-order valence-electron chi connectivity index (χ0n) is 6.27. The number of carboxylic acids is 1. The molecule has 1 heterocycles. The molecule has 0 saturated carbocycles. The molecule has 1 aromatic rings. The lowest BCUT2D eigenvalue weighted by atomic mass is 10.7. The van der Waals surface area contributed by atoms with Gasteiger partial charge in [-0.1, -0.05) is 0 Å². The summed E-state index contributed by atoms with van der Waals surface area (Å²) < 4.78 is 3.86. The minimum atomic E-state index is -1.04. The molecule has 0 bridgehead atoms. The van der Waals surface area contributed by atoms with E-state index in [-0.39, 0.29) is 0 Å². The molecule has 0 aliphatic rings. The van der Waals surface area contributed by atoms with Crippen molar-refractivity contribution in [2.75, 3.05) is 12.1 Å². The molecule has 0 aliphatic heterocycles. The summed E-state index contributed by atoms with van der Waals surface area (Å²) in [6.07, 6.45) is 0. The number of carbonyl (C=O) groups is 1. The van der Waals surface area contributed by atoms with Gasteiger partial charge in [0.1, 0.15) is 5.82 Å². The van der Waals surface area contributed by atoms with Crippen molar-refractivity contribution in [1.82, 2.24) is 9.36 Å². The van der Waals surface area contributed by atoms with E-state index in [2.05, 4.69) is 19.7 Å². The average Bonchev–Trinajstić information content (AvgIpc) is 2.35. The minimum absolute atomic E-state index is 0.404. The summed E-state index contributed by atoms with van der Waals surface area (Å²) >= 11 is 1.11. The third-order valence-electron chi connectivity index (χ3n) is 0.883. The Kier molecular flexibility index (Phi) is 2.94. The van der Waals surface area contributed by atoms with E-state index in [0.29, 0.717) is 11.0 Å². The number of carboxylic acid groups (broad SMARTS) is 1. The van der Waals surface area contributed by atoms with Crippen LogP contribution in [0.1, 0.15) is 5.82 Å². The van der Waals surface area contributed by atoms with Crippen molar-refractivity contribution in [2.45, 2.75) is 6.92 Å². The number of nitrogens with one attached hydrogen (secondary N) is 1. The average molecular weight is 189 g/mol. The normalized spacial score (nSPS) is 9.75. The summed E-state index contributed by atoms with van der Waals surface area (Å²) in [4.78, 5) is 18.4. The second kappa shape index (κ2) is 3.98. The Bertz CT molecular complexity index is 275. The number of hydrogen-bond donors (Lipinski definition) is 2. The highest BCUT2D eigenvalue weighted by Crippen LogP contribution is 2.09. The smallest absolute Gasteiger partial charge is 0.332 e. The number of aromatic nitrogens is 2. The predicted octanol–water partition coefficient (Wildman–Crippen LogP) is 0.275. The van der Waals surface area contributed by atoms with Gasteiger partial charge in [-0.05, 0) is 6.92 Å². The molecule has 66 valence electrons. The van der Waals surface area contributed by atoms with Crippen molar-refractivity contribution in [2.24, 2.45) is 0 Å². The molecule has 0 atom stereocenters. The molecular weight excluding hydrogens is 182 g/mol. The first kappa shape index (κ1) is 8.88. The Labute approximate surface area is 72.3 Å². The van der Waals surface area contributed by atoms with E-state index >= 15 is 0 Å². The van der Waals surface area contributed by atoms with E-state index in [4.69, 9.17) is 5.11 Å². The second-order valence-electron chi connectivity index (χ2n) is 1.93. The van der Waals surface area contributed by atoms with Crippen molar-refractivity contribution < 1.29 is 14.7 Å². The van der Waals surface area contributed by atoms with Gasteiger partial charge >= 0.3 is 5.97 Å². The maximum atomic E-state index is 10.00. The SMILES string of the molecule is Cc1nsc(NOCC(=O)O)n1. The first-order valence-corrected chi connectivity index (χ1v) is 3.85. The number of rotatable bonds is 4. The molecule has 0 radical (unpaired) electrons. The fraction of sp³-hybridized carbons (Fsp3) is 0.400. The van der Waals surface area contributed by atoms with Crippen LogP contribution in [0, 0.1) is 6.92 Å². The Balaban J connectivity index is 2.29. The lowest BCUT2D eigenvalue weighted by Crippen LogP contribution is -2.11. The molecular formula is C5H7N3O3S. The number of hydrogen-bond acceptors (Lipinski definition) is 6. The summed E-state index contributed by atoms with van der Waals surface area (Å²) in [5.74, 6) is -0.412. The molecule has 12 heavy (non-hydrogen) atoms. The summed E-state index contributed by atoms with van der Waals surface area (Å²) in [6.45, 7) is 1.33. The number of aliphatic carboxylic acids is 1. The number of anilines is 1. The van der Waals surface area contributed by atoms with Gasteiger partial charge in [-0.25, -0.2) is 15.3 Å². The molecule has 0 aromatic carbocycles. The van der Waals surface area contributed by atoms with E-state index in [1.165, 1.54) is 0 Å². The monoisotopic (exact) mass is 189 g/mol. The summed E-state index contributed by atoms with van der Waals surface area (Å²) in [5, 5.41) is 8.65. The van der Waals surface area contributed by atoms with E-state index in [1.54, 1.807) is 6.92 Å². The molecule has 0 aliphatic carbocycles. The first-order chi connectivity index (χ1) is 5.68. The molecule has 0 amide bonds. The van der Waals surface area contributed by atoms with Crippen LogP contribution >= 0.6 is 11.5 Å². The van der Waals surface area contributed by atoms with Gasteiger partial charge in [0.15, 0.2) is 6.61 Å². The Hall–Kier alpha value is -1.21. The van der Waals surface area contributed by atoms with Gasteiger partial charge in [0.25, 0.3) is 0 Å². The number of aryl methyl sites for hydroxylation is 1. The zero-order chi connectivity index (χ0) is 8.97. The van der Waals surface area contributed by atoms with Crippen LogP contribution in [0.4, 0.5) is 5.13 Å². The molecule has 0 fully saturated rings. The molecule has 1 aromatic heterocycles.